The second-order valence-corrected chi connectivity index (χ2v) is 10.7. The van der Waals surface area contributed by atoms with Crippen molar-refractivity contribution in [3.8, 4) is 0 Å². The number of hydrogen-bond acceptors (Lipinski definition) is 4. The number of sulfonamides is 1. The maximum atomic E-state index is 13.3. The molecule has 0 spiro atoms. The van der Waals surface area contributed by atoms with Gasteiger partial charge < -0.3 is 10.0 Å². The summed E-state index contributed by atoms with van der Waals surface area (Å²) in [6.45, 7) is 5.46. The van der Waals surface area contributed by atoms with E-state index in [4.69, 9.17) is 5.11 Å². The van der Waals surface area contributed by atoms with Crippen LogP contribution in [0.15, 0.2) is 53.4 Å². The lowest BCUT2D eigenvalue weighted by Crippen LogP contribution is -2.58. The highest BCUT2D eigenvalue weighted by molar-refractivity contribution is 7.89. The van der Waals surface area contributed by atoms with Gasteiger partial charge in [-0.15, -0.1) is 0 Å². The van der Waals surface area contributed by atoms with Crippen molar-refractivity contribution in [3.63, 3.8) is 0 Å². The third-order valence-electron chi connectivity index (χ3n) is 5.96. The molecular formula is C24H29F3N2O4S. The molecule has 10 heteroatoms. The molecule has 1 unspecified atom stereocenters. The summed E-state index contributed by atoms with van der Waals surface area (Å²) in [4.78, 5) is 13.2. The van der Waals surface area contributed by atoms with Gasteiger partial charge >= 0.3 is 12.1 Å². The zero-order chi connectivity index (χ0) is 25.1. The number of benzene rings is 2. The van der Waals surface area contributed by atoms with Crippen molar-refractivity contribution in [1.29, 1.82) is 0 Å². The maximum absolute atomic E-state index is 13.3. The van der Waals surface area contributed by atoms with Gasteiger partial charge in [-0.25, -0.2) is 8.42 Å². The highest BCUT2D eigenvalue weighted by Gasteiger charge is 2.38. The highest BCUT2D eigenvalue weighted by Crippen LogP contribution is 2.29. The van der Waals surface area contributed by atoms with Crippen molar-refractivity contribution in [3.05, 3.63) is 65.2 Å². The lowest BCUT2D eigenvalue weighted by atomic mass is 10.1. The van der Waals surface area contributed by atoms with Crippen LogP contribution < -0.4 is 0 Å². The Morgan fingerprint density at radius 2 is 1.65 bits per heavy atom. The Labute approximate surface area is 198 Å². The lowest BCUT2D eigenvalue weighted by Gasteiger charge is -2.43. The predicted molar refractivity (Wildman–Crippen MR) is 122 cm³/mol. The molecule has 0 aliphatic carbocycles. The van der Waals surface area contributed by atoms with Gasteiger partial charge in [0, 0.05) is 25.2 Å². The molecule has 2 aromatic carbocycles. The maximum Gasteiger partial charge on any atom is 0.416 e. The van der Waals surface area contributed by atoms with E-state index < -0.39 is 27.7 Å². The first-order valence-corrected chi connectivity index (χ1v) is 12.5. The van der Waals surface area contributed by atoms with Crippen molar-refractivity contribution in [2.45, 2.75) is 56.3 Å². The van der Waals surface area contributed by atoms with E-state index in [-0.39, 0.29) is 23.4 Å². The van der Waals surface area contributed by atoms with Crippen LogP contribution in [0.5, 0.6) is 0 Å². The van der Waals surface area contributed by atoms with Crippen molar-refractivity contribution in [2.75, 3.05) is 19.6 Å². The smallest absolute Gasteiger partial charge is 0.416 e. The molecular weight excluding hydrogens is 469 g/mol. The number of carboxylic acids is 1. The Bertz CT molecular complexity index is 1090. The number of carboxylic acid groups (broad SMARTS) is 1. The molecule has 3 rings (SSSR count). The van der Waals surface area contributed by atoms with Crippen LogP contribution in [-0.2, 0) is 33.8 Å². The molecule has 0 aromatic heterocycles. The van der Waals surface area contributed by atoms with Crippen molar-refractivity contribution in [2.24, 2.45) is 0 Å². The van der Waals surface area contributed by atoms with Crippen LogP contribution in [0.4, 0.5) is 13.2 Å². The number of aliphatic carboxylic acids is 1. The van der Waals surface area contributed by atoms with Gasteiger partial charge in [-0.05, 0) is 68.6 Å². The molecule has 34 heavy (non-hydrogen) atoms. The quantitative estimate of drug-likeness (QED) is 0.594. The number of nitrogens with zero attached hydrogens (tertiary/aromatic N) is 2. The topological polar surface area (TPSA) is 77.9 Å². The second-order valence-electron chi connectivity index (χ2n) is 8.81. The molecule has 186 valence electrons. The predicted octanol–water partition coefficient (Wildman–Crippen LogP) is 4.05. The monoisotopic (exact) mass is 498 g/mol. The van der Waals surface area contributed by atoms with Gasteiger partial charge in [0.25, 0.3) is 0 Å². The van der Waals surface area contributed by atoms with Crippen LogP contribution in [0.1, 0.15) is 37.0 Å². The van der Waals surface area contributed by atoms with Crippen molar-refractivity contribution < 1.29 is 31.5 Å². The zero-order valence-corrected chi connectivity index (χ0v) is 19.9. The normalized spacial score (nSPS) is 20.4. The molecule has 1 saturated heterocycles. The molecule has 2 aromatic rings. The first kappa shape index (κ1) is 26.2. The standard InChI is InChI=1S/C24H29F3N2O4S/c1-17-15-28(12-4-6-19-8-10-21(11-9-19)24(25,26)27)16-18(2)29(17)34(32,33)22-7-3-5-20(13-22)14-23(30)31/h3,5,7-11,13,17-18H,4,6,12,14-16H2,1-2H3,(H,30,31)/t17-,18?/m0/s1. The van der Waals surface area contributed by atoms with E-state index in [9.17, 15) is 26.4 Å². The third kappa shape index (κ3) is 6.37. The fourth-order valence-electron chi connectivity index (χ4n) is 4.55. The van der Waals surface area contributed by atoms with Crippen LogP contribution in [0.2, 0.25) is 0 Å². The Hall–Kier alpha value is -2.43. The molecule has 0 saturated carbocycles. The Morgan fingerprint density at radius 3 is 2.21 bits per heavy atom. The van der Waals surface area contributed by atoms with Crippen LogP contribution in [0.25, 0.3) is 0 Å². The summed E-state index contributed by atoms with van der Waals surface area (Å²) in [5, 5.41) is 9.00. The minimum absolute atomic E-state index is 0.0840. The minimum atomic E-state index is -4.34. The van der Waals surface area contributed by atoms with E-state index in [1.807, 2.05) is 13.8 Å². The van der Waals surface area contributed by atoms with Crippen LogP contribution in [0.3, 0.4) is 0 Å². The van der Waals surface area contributed by atoms with Gasteiger partial charge in [0.15, 0.2) is 0 Å². The number of aryl methyl sites for hydroxylation is 1. The van der Waals surface area contributed by atoms with E-state index in [1.54, 1.807) is 12.1 Å². The highest BCUT2D eigenvalue weighted by atomic mass is 32.2. The summed E-state index contributed by atoms with van der Waals surface area (Å²) in [5.74, 6) is -1.03. The number of piperazine rings is 1. The number of halogens is 3. The first-order valence-electron chi connectivity index (χ1n) is 11.1. The summed E-state index contributed by atoms with van der Waals surface area (Å²) >= 11 is 0. The average molecular weight is 499 g/mol. The molecule has 1 heterocycles. The average Bonchev–Trinajstić information content (AvgIpc) is 2.72. The van der Waals surface area contributed by atoms with Crippen LogP contribution in [0, 0.1) is 0 Å². The summed E-state index contributed by atoms with van der Waals surface area (Å²) in [5.41, 5.74) is 0.595. The third-order valence-corrected chi connectivity index (χ3v) is 8.09. The van der Waals surface area contributed by atoms with E-state index in [2.05, 4.69) is 4.90 Å². The number of hydrogen-bond donors (Lipinski definition) is 1. The Morgan fingerprint density at radius 1 is 1.03 bits per heavy atom. The Kier molecular flexibility index (Phi) is 8.05. The van der Waals surface area contributed by atoms with E-state index in [1.165, 1.54) is 28.6 Å². The Balaban J connectivity index is 1.60. The molecule has 0 bridgehead atoms. The van der Waals surface area contributed by atoms with Gasteiger partial charge in [-0.1, -0.05) is 24.3 Å². The summed E-state index contributed by atoms with van der Waals surface area (Å²) in [6.07, 6.45) is -3.21. The first-order chi connectivity index (χ1) is 15.9. The summed E-state index contributed by atoms with van der Waals surface area (Å²) in [6, 6.07) is 10.6. The van der Waals surface area contributed by atoms with Crippen molar-refractivity contribution in [1.82, 2.24) is 9.21 Å². The molecule has 6 nitrogen and oxygen atoms in total. The number of rotatable bonds is 8. The summed E-state index contributed by atoms with van der Waals surface area (Å²) in [7, 11) is -3.80. The SMILES string of the molecule is CC1CN(CCCc2ccc(C(F)(F)F)cc2)C[C@H](C)N1S(=O)(=O)c1cccc(CC(=O)O)c1. The van der Waals surface area contributed by atoms with E-state index in [0.717, 1.165) is 24.1 Å². The van der Waals surface area contributed by atoms with Gasteiger partial charge in [-0.3, -0.25) is 4.79 Å². The largest absolute Gasteiger partial charge is 0.481 e. The molecule has 1 N–H and O–H groups in total. The fourth-order valence-corrected chi connectivity index (χ4v) is 6.43. The molecule has 1 aliphatic rings. The van der Waals surface area contributed by atoms with Crippen LogP contribution >= 0.6 is 0 Å². The van der Waals surface area contributed by atoms with Gasteiger partial charge in [0.1, 0.15) is 0 Å². The molecule has 2 atom stereocenters. The van der Waals surface area contributed by atoms with E-state index >= 15 is 0 Å². The van der Waals surface area contributed by atoms with E-state index in [0.29, 0.717) is 31.6 Å². The molecule has 0 amide bonds. The van der Waals surface area contributed by atoms with Gasteiger partial charge in [0.05, 0.1) is 16.9 Å². The molecule has 0 radical (unpaired) electrons. The second kappa shape index (κ2) is 10.5. The van der Waals surface area contributed by atoms with Gasteiger partial charge in [0.2, 0.25) is 10.0 Å². The number of carbonyl (C=O) groups is 1. The van der Waals surface area contributed by atoms with Crippen molar-refractivity contribution >= 4 is 16.0 Å². The molecule has 1 fully saturated rings. The summed E-state index contributed by atoms with van der Waals surface area (Å²) < 4.78 is 66.3. The van der Waals surface area contributed by atoms with Crippen LogP contribution in [-0.4, -0.2) is 60.4 Å². The molecule has 1 aliphatic heterocycles. The zero-order valence-electron chi connectivity index (χ0n) is 19.1. The van der Waals surface area contributed by atoms with Gasteiger partial charge in [-0.2, -0.15) is 17.5 Å². The fraction of sp³-hybridized carbons (Fsp3) is 0.458. The minimum Gasteiger partial charge on any atom is -0.481 e. The lowest BCUT2D eigenvalue weighted by molar-refractivity contribution is -0.138. The number of alkyl halides is 3.